The summed E-state index contributed by atoms with van der Waals surface area (Å²) in [7, 11) is 4.10. The summed E-state index contributed by atoms with van der Waals surface area (Å²) in [5, 5.41) is 3.37. The highest BCUT2D eigenvalue weighted by Crippen LogP contribution is 2.40. The molecule has 2 aliphatic rings. The number of morpholine rings is 1. The van der Waals surface area contributed by atoms with Crippen LogP contribution in [0.4, 0.5) is 5.82 Å². The standard InChI is InChI=1S/C22H26N4O2S/c1-25(2)12-18-23-20(26-9-11-28-22(14-26)8-10-27-15-22)19-17(13-29-21(19)24-18)16-6-4-3-5-7-16/h3-7,13H,8-12,14-15H2,1-2H3. The molecule has 2 aliphatic heterocycles. The first-order valence-electron chi connectivity index (χ1n) is 10.1. The second-order valence-electron chi connectivity index (χ2n) is 8.15. The van der Waals surface area contributed by atoms with Gasteiger partial charge in [0.05, 0.1) is 31.7 Å². The van der Waals surface area contributed by atoms with Crippen molar-refractivity contribution in [1.82, 2.24) is 14.9 Å². The summed E-state index contributed by atoms with van der Waals surface area (Å²) >= 11 is 1.70. The van der Waals surface area contributed by atoms with Crippen molar-refractivity contribution in [2.45, 2.75) is 18.6 Å². The number of thiophene rings is 1. The molecule has 0 saturated carbocycles. The summed E-state index contributed by atoms with van der Waals surface area (Å²) in [5.41, 5.74) is 2.21. The second-order valence-corrected chi connectivity index (χ2v) is 9.01. The van der Waals surface area contributed by atoms with Gasteiger partial charge >= 0.3 is 0 Å². The molecule has 29 heavy (non-hydrogen) atoms. The van der Waals surface area contributed by atoms with Crippen molar-refractivity contribution < 1.29 is 9.47 Å². The minimum absolute atomic E-state index is 0.208. The molecule has 5 rings (SSSR count). The van der Waals surface area contributed by atoms with Crippen molar-refractivity contribution in [2.75, 3.05) is 51.9 Å². The molecule has 0 amide bonds. The summed E-state index contributed by atoms with van der Waals surface area (Å²) < 4.78 is 11.8. The fraction of sp³-hybridized carbons (Fsp3) is 0.455. The normalized spacial score (nSPS) is 22.2. The predicted molar refractivity (Wildman–Crippen MR) is 117 cm³/mol. The predicted octanol–water partition coefficient (Wildman–Crippen LogP) is 3.42. The van der Waals surface area contributed by atoms with Gasteiger partial charge in [-0.15, -0.1) is 11.3 Å². The van der Waals surface area contributed by atoms with Gasteiger partial charge in [-0.25, -0.2) is 9.97 Å². The van der Waals surface area contributed by atoms with Crippen molar-refractivity contribution in [3.05, 3.63) is 41.5 Å². The summed E-state index contributed by atoms with van der Waals surface area (Å²) in [6.07, 6.45) is 0.942. The molecule has 0 N–H and O–H groups in total. The van der Waals surface area contributed by atoms with E-state index in [4.69, 9.17) is 19.4 Å². The molecular weight excluding hydrogens is 384 g/mol. The molecule has 1 atom stereocenters. The van der Waals surface area contributed by atoms with Crippen LogP contribution >= 0.6 is 11.3 Å². The van der Waals surface area contributed by atoms with Gasteiger partial charge in [0.15, 0.2) is 0 Å². The second kappa shape index (κ2) is 7.65. The molecule has 0 radical (unpaired) electrons. The number of hydrogen-bond donors (Lipinski definition) is 0. The van der Waals surface area contributed by atoms with Gasteiger partial charge in [-0.1, -0.05) is 30.3 Å². The maximum Gasteiger partial charge on any atom is 0.146 e. The lowest BCUT2D eigenvalue weighted by molar-refractivity contribution is -0.0580. The van der Waals surface area contributed by atoms with Gasteiger partial charge in [0.1, 0.15) is 22.1 Å². The van der Waals surface area contributed by atoms with Gasteiger partial charge in [0.25, 0.3) is 0 Å². The number of ether oxygens (including phenoxy) is 2. The van der Waals surface area contributed by atoms with E-state index in [9.17, 15) is 0 Å². The van der Waals surface area contributed by atoms with Crippen molar-refractivity contribution in [1.29, 1.82) is 0 Å². The van der Waals surface area contributed by atoms with E-state index in [1.807, 2.05) is 0 Å². The summed E-state index contributed by atoms with van der Waals surface area (Å²) in [5.74, 6) is 1.89. The van der Waals surface area contributed by atoms with Crippen molar-refractivity contribution in [2.24, 2.45) is 0 Å². The molecule has 1 aromatic carbocycles. The van der Waals surface area contributed by atoms with Crippen LogP contribution in [0.2, 0.25) is 0 Å². The number of anilines is 1. The first kappa shape index (κ1) is 18.9. The maximum absolute atomic E-state index is 6.17. The van der Waals surface area contributed by atoms with E-state index in [1.54, 1.807) is 11.3 Å². The van der Waals surface area contributed by atoms with E-state index < -0.39 is 0 Å². The Morgan fingerprint density at radius 2 is 2.03 bits per heavy atom. The number of aromatic nitrogens is 2. The van der Waals surface area contributed by atoms with Crippen molar-refractivity contribution in [3.8, 4) is 11.1 Å². The average molecular weight is 411 g/mol. The van der Waals surface area contributed by atoms with Gasteiger partial charge in [-0.3, -0.25) is 0 Å². The molecule has 152 valence electrons. The molecule has 0 aliphatic carbocycles. The van der Waals surface area contributed by atoms with Crippen LogP contribution in [0, 0.1) is 0 Å². The molecule has 2 fully saturated rings. The third kappa shape index (κ3) is 3.64. The molecule has 7 heteroatoms. The summed E-state index contributed by atoms with van der Waals surface area (Å²) in [6.45, 7) is 4.50. The van der Waals surface area contributed by atoms with E-state index >= 15 is 0 Å². The van der Waals surface area contributed by atoms with Crippen LogP contribution in [0.3, 0.4) is 0 Å². The zero-order valence-corrected chi connectivity index (χ0v) is 17.7. The Kier molecular flexibility index (Phi) is 4.99. The molecule has 1 spiro atoms. The zero-order chi connectivity index (χ0) is 19.8. The van der Waals surface area contributed by atoms with E-state index in [0.717, 1.165) is 54.5 Å². The van der Waals surface area contributed by atoms with Crippen LogP contribution in [0.1, 0.15) is 12.2 Å². The van der Waals surface area contributed by atoms with Crippen LogP contribution in [0.5, 0.6) is 0 Å². The lowest BCUT2D eigenvalue weighted by Crippen LogP contribution is -2.52. The minimum Gasteiger partial charge on any atom is -0.378 e. The SMILES string of the molecule is CN(C)Cc1nc(N2CCOC3(CCOC3)C2)c2c(-c3ccccc3)csc2n1. The molecule has 6 nitrogen and oxygen atoms in total. The number of rotatable bonds is 4. The lowest BCUT2D eigenvalue weighted by Gasteiger charge is -2.40. The highest BCUT2D eigenvalue weighted by molar-refractivity contribution is 7.17. The zero-order valence-electron chi connectivity index (χ0n) is 16.9. The number of nitrogens with zero attached hydrogens (tertiary/aromatic N) is 4. The van der Waals surface area contributed by atoms with E-state index in [0.29, 0.717) is 13.2 Å². The number of fused-ring (bicyclic) bond motifs is 1. The lowest BCUT2D eigenvalue weighted by atomic mass is 10.00. The minimum atomic E-state index is -0.208. The van der Waals surface area contributed by atoms with Gasteiger partial charge < -0.3 is 19.3 Å². The van der Waals surface area contributed by atoms with Gasteiger partial charge in [-0.2, -0.15) is 0 Å². The molecule has 3 aromatic rings. The first-order chi connectivity index (χ1) is 14.1. The molecule has 1 unspecified atom stereocenters. The van der Waals surface area contributed by atoms with Crippen molar-refractivity contribution >= 4 is 27.4 Å². The Labute approximate surface area is 175 Å². The van der Waals surface area contributed by atoms with Gasteiger partial charge in [-0.05, 0) is 19.7 Å². The van der Waals surface area contributed by atoms with Crippen LogP contribution in [0.25, 0.3) is 21.3 Å². The highest BCUT2D eigenvalue weighted by Gasteiger charge is 2.41. The molecule has 4 heterocycles. The molecule has 0 bridgehead atoms. The Morgan fingerprint density at radius 3 is 2.79 bits per heavy atom. The molecular formula is C22H26N4O2S. The fourth-order valence-corrected chi connectivity index (χ4v) is 5.19. The Balaban J connectivity index is 1.63. The molecule has 2 saturated heterocycles. The fourth-order valence-electron chi connectivity index (χ4n) is 4.23. The van der Waals surface area contributed by atoms with E-state index in [2.05, 4.69) is 59.6 Å². The maximum atomic E-state index is 6.17. The smallest absolute Gasteiger partial charge is 0.146 e. The Bertz CT molecular complexity index is 999. The number of benzene rings is 1. The quantitative estimate of drug-likeness (QED) is 0.657. The van der Waals surface area contributed by atoms with Crippen molar-refractivity contribution in [3.63, 3.8) is 0 Å². The number of hydrogen-bond acceptors (Lipinski definition) is 7. The molecule has 2 aromatic heterocycles. The largest absolute Gasteiger partial charge is 0.378 e. The summed E-state index contributed by atoms with van der Waals surface area (Å²) in [4.78, 5) is 15.5. The van der Waals surface area contributed by atoms with Crippen LogP contribution < -0.4 is 4.90 Å². The highest BCUT2D eigenvalue weighted by atomic mass is 32.1. The van der Waals surface area contributed by atoms with Gasteiger partial charge in [0.2, 0.25) is 0 Å². The van der Waals surface area contributed by atoms with Crippen LogP contribution in [-0.4, -0.2) is 67.5 Å². The topological polar surface area (TPSA) is 50.7 Å². The third-order valence-corrected chi connectivity index (χ3v) is 6.49. The van der Waals surface area contributed by atoms with E-state index in [1.165, 1.54) is 11.1 Å². The van der Waals surface area contributed by atoms with E-state index in [-0.39, 0.29) is 5.60 Å². The summed E-state index contributed by atoms with van der Waals surface area (Å²) in [6, 6.07) is 10.5. The third-order valence-electron chi connectivity index (χ3n) is 5.62. The Hall–Kier alpha value is -2.06. The first-order valence-corrected chi connectivity index (χ1v) is 11.0. The van der Waals surface area contributed by atoms with Gasteiger partial charge in [0, 0.05) is 30.5 Å². The Morgan fingerprint density at radius 1 is 1.17 bits per heavy atom. The van der Waals surface area contributed by atoms with Crippen LogP contribution in [-0.2, 0) is 16.0 Å². The monoisotopic (exact) mass is 410 g/mol. The average Bonchev–Trinajstić information content (AvgIpc) is 3.35. The van der Waals surface area contributed by atoms with Crippen LogP contribution in [0.15, 0.2) is 35.7 Å².